The number of amidine groups is 1. The van der Waals surface area contributed by atoms with Gasteiger partial charge in [0, 0.05) is 17.1 Å². The van der Waals surface area contributed by atoms with Gasteiger partial charge in [0.05, 0.1) is 33.3 Å². The lowest BCUT2D eigenvalue weighted by atomic mass is 10.1. The van der Waals surface area contributed by atoms with Crippen LogP contribution >= 0.6 is 35.0 Å². The zero-order valence-electron chi connectivity index (χ0n) is 18.9. The fraction of sp³-hybridized carbons (Fsp3) is 0.160. The van der Waals surface area contributed by atoms with Crippen LogP contribution in [0.2, 0.25) is 10.0 Å². The molecule has 9 heteroatoms. The average Bonchev–Trinajstić information content (AvgIpc) is 3.28. The number of nitrogens with one attached hydrogen (secondary N) is 1. The number of ether oxygens (including phenoxy) is 1. The zero-order chi connectivity index (χ0) is 24.6. The smallest absolute Gasteiger partial charge is 0.337 e. The number of rotatable bonds is 4. The number of hydrogen-bond acceptors (Lipinski definition) is 5. The van der Waals surface area contributed by atoms with Crippen molar-refractivity contribution in [3.63, 3.8) is 0 Å². The number of nitrogens with zero attached hydrogens (tertiary/aromatic N) is 2. The van der Waals surface area contributed by atoms with Crippen molar-refractivity contribution in [3.8, 4) is 5.69 Å². The van der Waals surface area contributed by atoms with Gasteiger partial charge in [-0.3, -0.25) is 4.79 Å². The first-order chi connectivity index (χ1) is 16.2. The van der Waals surface area contributed by atoms with Gasteiger partial charge in [-0.1, -0.05) is 29.3 Å². The van der Waals surface area contributed by atoms with Gasteiger partial charge >= 0.3 is 5.97 Å². The minimum absolute atomic E-state index is 0.231. The van der Waals surface area contributed by atoms with Crippen molar-refractivity contribution in [1.29, 1.82) is 0 Å². The molecule has 174 valence electrons. The molecule has 1 amide bonds. The van der Waals surface area contributed by atoms with E-state index in [1.165, 1.54) is 18.9 Å². The van der Waals surface area contributed by atoms with Crippen molar-refractivity contribution >= 4 is 63.8 Å². The number of hydrogen-bond donors (Lipinski definition) is 1. The Morgan fingerprint density at radius 3 is 2.62 bits per heavy atom. The summed E-state index contributed by atoms with van der Waals surface area (Å²) in [5, 5.41) is 3.94. The maximum atomic E-state index is 12.6. The van der Waals surface area contributed by atoms with E-state index in [1.54, 1.807) is 24.3 Å². The summed E-state index contributed by atoms with van der Waals surface area (Å²) in [5.41, 5.74) is 5.75. The van der Waals surface area contributed by atoms with Crippen LogP contribution in [0, 0.1) is 20.8 Å². The van der Waals surface area contributed by atoms with Gasteiger partial charge < -0.3 is 14.6 Å². The lowest BCUT2D eigenvalue weighted by Crippen LogP contribution is -2.19. The van der Waals surface area contributed by atoms with E-state index in [-0.39, 0.29) is 11.9 Å². The minimum atomic E-state index is -0.373. The molecular formula is C25H21Cl2N3O3S. The maximum Gasteiger partial charge on any atom is 0.337 e. The Labute approximate surface area is 211 Å². The summed E-state index contributed by atoms with van der Waals surface area (Å²) >= 11 is 13.5. The molecule has 1 N–H and O–H groups in total. The quantitative estimate of drug-likeness (QED) is 0.324. The van der Waals surface area contributed by atoms with Crippen molar-refractivity contribution in [2.75, 3.05) is 7.11 Å². The molecule has 0 spiro atoms. The molecule has 0 bridgehead atoms. The minimum Gasteiger partial charge on any atom is -0.465 e. The van der Waals surface area contributed by atoms with Crippen LogP contribution in [0.4, 0.5) is 5.69 Å². The van der Waals surface area contributed by atoms with Gasteiger partial charge in [0.2, 0.25) is 0 Å². The number of carbonyl (C=O) groups excluding carboxylic acids is 2. The standard InChI is InChI=1S/C25H21Cl2N3O3S/c1-13-10-16(24(32)33-4)8-9-20(13)30-14(2)11-17(15(30)3)12-21-23(31)29-25(34-21)28-19-7-5-6-18(26)22(19)27/h5-12H,1-4H3,(H,28,29,31)/b21-12+. The van der Waals surface area contributed by atoms with E-state index in [1.807, 2.05) is 45.0 Å². The molecule has 1 aromatic heterocycles. The zero-order valence-corrected chi connectivity index (χ0v) is 21.2. The lowest BCUT2D eigenvalue weighted by Gasteiger charge is -2.14. The molecule has 1 fully saturated rings. The predicted octanol–water partition coefficient (Wildman–Crippen LogP) is 6.39. The van der Waals surface area contributed by atoms with E-state index in [9.17, 15) is 9.59 Å². The number of benzene rings is 2. The first-order valence-electron chi connectivity index (χ1n) is 10.3. The molecule has 0 saturated carbocycles. The van der Waals surface area contributed by atoms with Crippen LogP contribution in [0.3, 0.4) is 0 Å². The highest BCUT2D eigenvalue weighted by Crippen LogP contribution is 2.35. The summed E-state index contributed by atoms with van der Waals surface area (Å²) in [7, 11) is 1.36. The molecule has 1 aliphatic rings. The summed E-state index contributed by atoms with van der Waals surface area (Å²) in [6.07, 6.45) is 1.85. The molecule has 1 saturated heterocycles. The Morgan fingerprint density at radius 1 is 1.15 bits per heavy atom. The summed E-state index contributed by atoms with van der Waals surface area (Å²) in [6.45, 7) is 5.94. The molecule has 0 radical (unpaired) electrons. The predicted molar refractivity (Wildman–Crippen MR) is 139 cm³/mol. The highest BCUT2D eigenvalue weighted by molar-refractivity contribution is 8.18. The Hall–Kier alpha value is -3.00. The van der Waals surface area contributed by atoms with Crippen LogP contribution in [-0.2, 0) is 9.53 Å². The van der Waals surface area contributed by atoms with Gasteiger partial charge in [0.1, 0.15) is 0 Å². The highest BCUT2D eigenvalue weighted by Gasteiger charge is 2.25. The number of halogens is 2. The van der Waals surface area contributed by atoms with Crippen molar-refractivity contribution < 1.29 is 14.3 Å². The number of thioether (sulfide) groups is 1. The van der Waals surface area contributed by atoms with Crippen LogP contribution in [-0.4, -0.2) is 28.7 Å². The molecule has 2 aromatic carbocycles. The first kappa shape index (κ1) is 24.1. The SMILES string of the molecule is COC(=O)c1ccc(-n2c(C)cc(/C=C3/SC(=Nc4cccc(Cl)c4Cl)NC3=O)c2C)c(C)c1. The molecule has 34 heavy (non-hydrogen) atoms. The van der Waals surface area contributed by atoms with E-state index in [0.29, 0.717) is 31.4 Å². The fourth-order valence-corrected chi connectivity index (χ4v) is 4.93. The highest BCUT2D eigenvalue weighted by atomic mass is 35.5. The number of esters is 1. The molecule has 0 unspecified atom stereocenters. The van der Waals surface area contributed by atoms with E-state index in [2.05, 4.69) is 14.9 Å². The monoisotopic (exact) mass is 513 g/mol. The second-order valence-corrected chi connectivity index (χ2v) is 9.53. The van der Waals surface area contributed by atoms with E-state index < -0.39 is 0 Å². The third kappa shape index (κ3) is 4.64. The Morgan fingerprint density at radius 2 is 1.91 bits per heavy atom. The second kappa shape index (κ2) is 9.70. The van der Waals surface area contributed by atoms with Gasteiger partial charge in [0.25, 0.3) is 5.91 Å². The van der Waals surface area contributed by atoms with E-state index >= 15 is 0 Å². The van der Waals surface area contributed by atoms with E-state index in [4.69, 9.17) is 27.9 Å². The Balaban J connectivity index is 1.66. The molecule has 6 nitrogen and oxygen atoms in total. The number of aryl methyl sites for hydroxylation is 2. The number of amides is 1. The Kier molecular flexibility index (Phi) is 6.89. The molecule has 2 heterocycles. The van der Waals surface area contributed by atoms with Crippen LogP contribution in [0.5, 0.6) is 0 Å². The normalized spacial score (nSPS) is 15.8. The topological polar surface area (TPSA) is 72.7 Å². The summed E-state index contributed by atoms with van der Waals surface area (Å²) < 4.78 is 6.91. The molecule has 3 aromatic rings. The third-order valence-electron chi connectivity index (χ3n) is 5.42. The molecular weight excluding hydrogens is 493 g/mol. The molecule has 0 aliphatic carbocycles. The fourth-order valence-electron chi connectivity index (χ4n) is 3.77. The van der Waals surface area contributed by atoms with Crippen molar-refractivity contribution in [2.24, 2.45) is 4.99 Å². The van der Waals surface area contributed by atoms with Crippen LogP contribution in [0.25, 0.3) is 11.8 Å². The number of aromatic nitrogens is 1. The average molecular weight is 514 g/mol. The number of carbonyl (C=O) groups is 2. The lowest BCUT2D eigenvalue weighted by molar-refractivity contribution is -0.115. The Bertz CT molecular complexity index is 1390. The van der Waals surface area contributed by atoms with Crippen molar-refractivity contribution in [1.82, 2.24) is 9.88 Å². The summed E-state index contributed by atoms with van der Waals surface area (Å²) in [5.74, 6) is -0.605. The van der Waals surface area contributed by atoms with Gasteiger partial charge in [0.15, 0.2) is 5.17 Å². The number of aliphatic imine (C=N–C) groups is 1. The van der Waals surface area contributed by atoms with Crippen LogP contribution in [0.15, 0.2) is 52.4 Å². The van der Waals surface area contributed by atoms with Crippen LogP contribution in [0.1, 0.15) is 32.9 Å². The van der Waals surface area contributed by atoms with Gasteiger partial charge in [-0.05, 0) is 86.1 Å². The third-order valence-corrected chi connectivity index (χ3v) is 7.14. The van der Waals surface area contributed by atoms with Crippen molar-refractivity contribution in [3.05, 3.63) is 85.5 Å². The molecule has 0 atom stereocenters. The molecule has 1 aliphatic heterocycles. The maximum absolute atomic E-state index is 12.6. The number of methoxy groups -OCH3 is 1. The van der Waals surface area contributed by atoms with Crippen LogP contribution < -0.4 is 5.32 Å². The summed E-state index contributed by atoms with van der Waals surface area (Å²) in [4.78, 5) is 29.4. The largest absolute Gasteiger partial charge is 0.465 e. The summed E-state index contributed by atoms with van der Waals surface area (Å²) in [6, 6.07) is 12.6. The second-order valence-electron chi connectivity index (χ2n) is 7.71. The van der Waals surface area contributed by atoms with Gasteiger partial charge in [-0.2, -0.15) is 0 Å². The van der Waals surface area contributed by atoms with E-state index in [0.717, 1.165) is 28.2 Å². The first-order valence-corrected chi connectivity index (χ1v) is 11.9. The van der Waals surface area contributed by atoms with Crippen molar-refractivity contribution in [2.45, 2.75) is 20.8 Å². The van der Waals surface area contributed by atoms with Gasteiger partial charge in [-0.25, -0.2) is 9.79 Å². The van der Waals surface area contributed by atoms with Gasteiger partial charge in [-0.15, -0.1) is 0 Å². The molecule has 4 rings (SSSR count).